The van der Waals surface area contributed by atoms with Gasteiger partial charge in [0.2, 0.25) is 9.84 Å². The highest BCUT2D eigenvalue weighted by Crippen LogP contribution is 2.28. The molecule has 3 N–H and O–H groups in total. The fourth-order valence-electron chi connectivity index (χ4n) is 2.48. The first kappa shape index (κ1) is 19.8. The normalized spacial score (nSPS) is 21.3. The molecule has 1 aromatic carbocycles. The number of hydrogen-bond donors (Lipinski definition) is 3. The molecule has 0 bridgehead atoms. The van der Waals surface area contributed by atoms with Gasteiger partial charge in [-0.05, 0) is 24.3 Å². The van der Waals surface area contributed by atoms with Crippen LogP contribution in [0, 0.1) is 0 Å². The van der Waals surface area contributed by atoms with Crippen molar-refractivity contribution in [3.8, 4) is 5.75 Å². The van der Waals surface area contributed by atoms with Gasteiger partial charge in [0.05, 0.1) is 4.90 Å². The molecule has 1 heterocycles. The van der Waals surface area contributed by atoms with Crippen molar-refractivity contribution < 1.29 is 46.1 Å². The van der Waals surface area contributed by atoms with E-state index in [2.05, 4.69) is 10.1 Å². The number of carboxylic acid groups (broad SMARTS) is 2. The molecule has 2 unspecified atom stereocenters. The zero-order chi connectivity index (χ0) is 19.7. The number of piperazine rings is 1. The number of sulfone groups is 1. The van der Waals surface area contributed by atoms with Gasteiger partial charge in [0, 0.05) is 13.1 Å². The van der Waals surface area contributed by atoms with E-state index in [1.807, 2.05) is 0 Å². The topological polar surface area (TPSA) is 133 Å². The summed E-state index contributed by atoms with van der Waals surface area (Å²) in [6.07, 6.45) is -6.61. The number of amides is 1. The van der Waals surface area contributed by atoms with Gasteiger partial charge in [-0.3, -0.25) is 15.0 Å². The van der Waals surface area contributed by atoms with Crippen LogP contribution in [0.15, 0.2) is 29.2 Å². The Morgan fingerprint density at radius 2 is 1.77 bits per heavy atom. The first-order valence-electron chi connectivity index (χ1n) is 6.99. The number of nitrogens with zero attached hydrogens (tertiary/aromatic N) is 1. The lowest BCUT2D eigenvalue weighted by Crippen LogP contribution is -2.64. The maximum absolute atomic E-state index is 12.7. The van der Waals surface area contributed by atoms with Gasteiger partial charge in [-0.2, -0.15) is 0 Å². The molecule has 13 heteroatoms. The lowest BCUT2D eigenvalue weighted by atomic mass is 10.2. The van der Waals surface area contributed by atoms with E-state index in [-0.39, 0.29) is 13.1 Å². The summed E-state index contributed by atoms with van der Waals surface area (Å²) in [6, 6.07) is 1.29. The van der Waals surface area contributed by atoms with Crippen LogP contribution in [-0.2, 0) is 14.6 Å². The highest BCUT2D eigenvalue weighted by Gasteiger charge is 2.47. The molecule has 0 saturated carbocycles. The number of aliphatic carboxylic acids is 1. The van der Waals surface area contributed by atoms with Gasteiger partial charge in [-0.25, -0.2) is 13.2 Å². The van der Waals surface area contributed by atoms with E-state index in [9.17, 15) is 41.4 Å². The molecule has 1 amide bonds. The highest BCUT2D eigenvalue weighted by molar-refractivity contribution is 7.92. The fraction of sp³-hybridized carbons (Fsp3) is 0.385. The second-order valence-corrected chi connectivity index (χ2v) is 7.25. The number of ether oxygens (including phenoxy) is 1. The van der Waals surface area contributed by atoms with Gasteiger partial charge in [0.25, 0.3) is 0 Å². The minimum atomic E-state index is -4.97. The molecule has 0 radical (unpaired) electrons. The lowest BCUT2D eigenvalue weighted by Gasteiger charge is -2.37. The molecule has 1 fully saturated rings. The van der Waals surface area contributed by atoms with Crippen LogP contribution < -0.4 is 10.1 Å². The standard InChI is InChI=1S/C13H13F3N2O7S/c14-13(15,16)25-7-1-3-8(4-2-7)26(23,24)10-9(11(19)20)17-5-6-18(10)12(21)22/h1-4,9-10,17H,5-6H2,(H,19,20)(H,21,22). The van der Waals surface area contributed by atoms with E-state index in [1.54, 1.807) is 0 Å². The third-order valence-electron chi connectivity index (χ3n) is 3.52. The number of rotatable bonds is 4. The van der Waals surface area contributed by atoms with Gasteiger partial charge in [-0.1, -0.05) is 0 Å². The van der Waals surface area contributed by atoms with Crippen LogP contribution >= 0.6 is 0 Å². The Kier molecular flexibility index (Phi) is 5.32. The molecule has 1 saturated heterocycles. The van der Waals surface area contributed by atoms with Crippen molar-refractivity contribution in [1.82, 2.24) is 10.2 Å². The molecule has 0 aromatic heterocycles. The van der Waals surface area contributed by atoms with E-state index < -0.39 is 50.3 Å². The van der Waals surface area contributed by atoms with E-state index in [4.69, 9.17) is 0 Å². The molecule has 26 heavy (non-hydrogen) atoms. The van der Waals surface area contributed by atoms with Crippen molar-refractivity contribution in [2.45, 2.75) is 22.7 Å². The zero-order valence-electron chi connectivity index (χ0n) is 12.8. The molecule has 1 aliphatic heterocycles. The Morgan fingerprint density at radius 3 is 2.23 bits per heavy atom. The molecule has 2 rings (SSSR count). The summed E-state index contributed by atoms with van der Waals surface area (Å²) >= 11 is 0. The summed E-state index contributed by atoms with van der Waals surface area (Å²) in [7, 11) is -4.55. The van der Waals surface area contributed by atoms with Crippen LogP contribution in [0.1, 0.15) is 0 Å². The number of carbonyl (C=O) groups is 2. The Balaban J connectivity index is 2.41. The quantitative estimate of drug-likeness (QED) is 0.676. The first-order valence-corrected chi connectivity index (χ1v) is 8.53. The van der Waals surface area contributed by atoms with E-state index in [0.29, 0.717) is 4.90 Å². The maximum atomic E-state index is 12.7. The average Bonchev–Trinajstić information content (AvgIpc) is 2.53. The number of alkyl halides is 3. The van der Waals surface area contributed by atoms with Gasteiger partial charge < -0.3 is 14.9 Å². The number of nitrogens with one attached hydrogen (secondary N) is 1. The van der Waals surface area contributed by atoms with Crippen molar-refractivity contribution in [2.24, 2.45) is 0 Å². The largest absolute Gasteiger partial charge is 0.573 e. The summed E-state index contributed by atoms with van der Waals surface area (Å²) in [5.41, 5.74) is 0. The summed E-state index contributed by atoms with van der Waals surface area (Å²) in [6.45, 7) is -0.355. The lowest BCUT2D eigenvalue weighted by molar-refractivity contribution is -0.274. The highest BCUT2D eigenvalue weighted by atomic mass is 32.2. The molecule has 2 atom stereocenters. The first-order chi connectivity index (χ1) is 11.9. The van der Waals surface area contributed by atoms with Crippen LogP contribution in [0.3, 0.4) is 0 Å². The van der Waals surface area contributed by atoms with Crippen LogP contribution in [-0.4, -0.2) is 66.5 Å². The minimum absolute atomic E-state index is 0.0757. The molecule has 0 spiro atoms. The Hall–Kier alpha value is -2.54. The van der Waals surface area contributed by atoms with Gasteiger partial charge in [-0.15, -0.1) is 13.2 Å². The zero-order valence-corrected chi connectivity index (χ0v) is 13.6. The minimum Gasteiger partial charge on any atom is -0.480 e. The van der Waals surface area contributed by atoms with Crippen LogP contribution in [0.25, 0.3) is 0 Å². The fourth-order valence-corrected chi connectivity index (χ4v) is 4.38. The summed E-state index contributed by atoms with van der Waals surface area (Å²) in [4.78, 5) is 22.6. The molecule has 1 aromatic rings. The van der Waals surface area contributed by atoms with Gasteiger partial charge in [0.1, 0.15) is 11.8 Å². The van der Waals surface area contributed by atoms with Gasteiger partial charge in [0.15, 0.2) is 5.37 Å². The monoisotopic (exact) mass is 398 g/mol. The van der Waals surface area contributed by atoms with Crippen LogP contribution in [0.2, 0.25) is 0 Å². The average molecular weight is 398 g/mol. The number of benzene rings is 1. The molecule has 144 valence electrons. The van der Waals surface area contributed by atoms with Crippen molar-refractivity contribution in [3.05, 3.63) is 24.3 Å². The predicted molar refractivity (Wildman–Crippen MR) is 78.3 cm³/mol. The van der Waals surface area contributed by atoms with E-state index in [0.717, 1.165) is 24.3 Å². The Labute approximate surface area is 144 Å². The number of halogens is 3. The molecule has 9 nitrogen and oxygen atoms in total. The SMILES string of the molecule is O=C(O)C1NCCN(C(=O)O)C1S(=O)(=O)c1ccc(OC(F)(F)F)cc1. The summed E-state index contributed by atoms with van der Waals surface area (Å²) in [5, 5.41) is 18.8. The summed E-state index contributed by atoms with van der Waals surface area (Å²) < 4.78 is 65.6. The Morgan fingerprint density at radius 1 is 1.19 bits per heavy atom. The second kappa shape index (κ2) is 6.99. The maximum Gasteiger partial charge on any atom is 0.573 e. The molecule has 1 aliphatic rings. The van der Waals surface area contributed by atoms with Crippen molar-refractivity contribution in [3.63, 3.8) is 0 Å². The third-order valence-corrected chi connectivity index (χ3v) is 5.62. The van der Waals surface area contributed by atoms with E-state index in [1.165, 1.54) is 0 Å². The smallest absolute Gasteiger partial charge is 0.480 e. The molecular weight excluding hydrogens is 385 g/mol. The van der Waals surface area contributed by atoms with Crippen molar-refractivity contribution in [1.29, 1.82) is 0 Å². The van der Waals surface area contributed by atoms with Crippen molar-refractivity contribution >= 4 is 21.9 Å². The molecule has 0 aliphatic carbocycles. The van der Waals surface area contributed by atoms with Crippen molar-refractivity contribution in [2.75, 3.05) is 13.1 Å². The Bertz CT molecular complexity index is 773. The van der Waals surface area contributed by atoms with Crippen LogP contribution in [0.5, 0.6) is 5.75 Å². The van der Waals surface area contributed by atoms with Gasteiger partial charge >= 0.3 is 18.4 Å². The van der Waals surface area contributed by atoms with E-state index >= 15 is 0 Å². The predicted octanol–water partition coefficient (Wildman–Crippen LogP) is 0.721. The number of hydrogen-bond acceptors (Lipinski definition) is 6. The molecular formula is C13H13F3N2O7S. The second-order valence-electron chi connectivity index (χ2n) is 5.20. The number of carboxylic acids is 1. The van der Waals surface area contributed by atoms with Crippen LogP contribution in [0.4, 0.5) is 18.0 Å². The summed E-state index contributed by atoms with van der Waals surface area (Å²) in [5.74, 6) is -2.26. The third kappa shape index (κ3) is 4.16.